The van der Waals surface area contributed by atoms with Crippen molar-refractivity contribution in [2.75, 3.05) is 7.11 Å². The molecule has 4 heteroatoms. The summed E-state index contributed by atoms with van der Waals surface area (Å²) in [6, 6.07) is 14.3. The minimum absolute atomic E-state index is 0.118. The molecule has 0 radical (unpaired) electrons. The number of nitrogens with one attached hydrogen (secondary N) is 1. The van der Waals surface area contributed by atoms with Crippen molar-refractivity contribution in [2.45, 2.75) is 13.5 Å². The summed E-state index contributed by atoms with van der Waals surface area (Å²) in [5, 5.41) is 2.84. The molecule has 2 aromatic carbocycles. The van der Waals surface area contributed by atoms with Crippen molar-refractivity contribution >= 4 is 11.9 Å². The highest BCUT2D eigenvalue weighted by atomic mass is 16.5. The lowest BCUT2D eigenvalue weighted by molar-refractivity contribution is 0.0600. The van der Waals surface area contributed by atoms with E-state index in [-0.39, 0.29) is 11.9 Å². The van der Waals surface area contributed by atoms with Crippen LogP contribution in [0.4, 0.5) is 0 Å². The minimum atomic E-state index is -0.370. The van der Waals surface area contributed by atoms with Gasteiger partial charge in [0, 0.05) is 12.1 Å². The standard InChI is InChI=1S/C17H17NO3/c1-12-3-7-14(8-4-12)16(19)18-11-13-5-9-15(10-6-13)17(20)21-2/h3-10H,11H2,1-2H3,(H,18,19). The van der Waals surface area contributed by atoms with Crippen LogP contribution in [0.15, 0.2) is 48.5 Å². The molecular formula is C17H17NO3. The van der Waals surface area contributed by atoms with Crippen molar-refractivity contribution in [3.05, 3.63) is 70.8 Å². The molecule has 0 unspecified atom stereocenters. The zero-order valence-electron chi connectivity index (χ0n) is 12.1. The fourth-order valence-electron chi connectivity index (χ4n) is 1.87. The van der Waals surface area contributed by atoms with E-state index in [4.69, 9.17) is 0 Å². The molecule has 0 spiro atoms. The minimum Gasteiger partial charge on any atom is -0.465 e. The number of amides is 1. The second-order valence-corrected chi connectivity index (χ2v) is 4.74. The predicted molar refractivity (Wildman–Crippen MR) is 80.1 cm³/mol. The van der Waals surface area contributed by atoms with E-state index in [1.54, 1.807) is 36.4 Å². The summed E-state index contributed by atoms with van der Waals surface area (Å²) in [5.74, 6) is -0.489. The lowest BCUT2D eigenvalue weighted by atomic mass is 10.1. The summed E-state index contributed by atoms with van der Waals surface area (Å²) >= 11 is 0. The Morgan fingerprint density at radius 2 is 1.52 bits per heavy atom. The topological polar surface area (TPSA) is 55.4 Å². The first-order valence-electron chi connectivity index (χ1n) is 6.62. The third-order valence-electron chi connectivity index (χ3n) is 3.14. The summed E-state index contributed by atoms with van der Waals surface area (Å²) in [5.41, 5.74) is 3.16. The predicted octanol–water partition coefficient (Wildman–Crippen LogP) is 2.71. The van der Waals surface area contributed by atoms with Gasteiger partial charge in [0.05, 0.1) is 12.7 Å². The van der Waals surface area contributed by atoms with Gasteiger partial charge in [-0.2, -0.15) is 0 Å². The molecule has 0 aliphatic rings. The molecule has 2 rings (SSSR count). The Bertz CT molecular complexity index is 630. The molecule has 0 aliphatic carbocycles. The first-order valence-corrected chi connectivity index (χ1v) is 6.62. The van der Waals surface area contributed by atoms with E-state index in [2.05, 4.69) is 10.1 Å². The quantitative estimate of drug-likeness (QED) is 0.878. The molecule has 0 aliphatic heterocycles. The number of aryl methyl sites for hydroxylation is 1. The van der Waals surface area contributed by atoms with Gasteiger partial charge in [0.25, 0.3) is 5.91 Å². The van der Waals surface area contributed by atoms with Gasteiger partial charge in [-0.25, -0.2) is 4.79 Å². The van der Waals surface area contributed by atoms with Crippen molar-refractivity contribution in [1.29, 1.82) is 0 Å². The lowest BCUT2D eigenvalue weighted by Gasteiger charge is -2.06. The van der Waals surface area contributed by atoms with Crippen LogP contribution in [0, 0.1) is 6.92 Å². The summed E-state index contributed by atoms with van der Waals surface area (Å²) in [6.07, 6.45) is 0. The maximum absolute atomic E-state index is 12.0. The van der Waals surface area contributed by atoms with Crippen LogP contribution in [-0.4, -0.2) is 19.0 Å². The van der Waals surface area contributed by atoms with Crippen LogP contribution < -0.4 is 5.32 Å². The first-order chi connectivity index (χ1) is 10.1. The van der Waals surface area contributed by atoms with Crippen molar-refractivity contribution in [3.8, 4) is 0 Å². The van der Waals surface area contributed by atoms with Crippen LogP contribution in [0.3, 0.4) is 0 Å². The third kappa shape index (κ3) is 3.92. The SMILES string of the molecule is COC(=O)c1ccc(CNC(=O)c2ccc(C)cc2)cc1. The van der Waals surface area contributed by atoms with Gasteiger partial charge in [0.15, 0.2) is 0 Å². The lowest BCUT2D eigenvalue weighted by Crippen LogP contribution is -2.22. The number of esters is 1. The van der Waals surface area contributed by atoms with Crippen LogP contribution in [0.1, 0.15) is 31.8 Å². The highest BCUT2D eigenvalue weighted by Gasteiger charge is 2.06. The smallest absolute Gasteiger partial charge is 0.337 e. The number of carbonyl (C=O) groups is 2. The van der Waals surface area contributed by atoms with E-state index in [9.17, 15) is 9.59 Å². The van der Waals surface area contributed by atoms with E-state index in [1.807, 2.05) is 19.1 Å². The molecule has 0 saturated heterocycles. The van der Waals surface area contributed by atoms with Gasteiger partial charge in [-0.15, -0.1) is 0 Å². The Balaban J connectivity index is 1.95. The van der Waals surface area contributed by atoms with Crippen LogP contribution in [0.5, 0.6) is 0 Å². The molecule has 0 saturated carbocycles. The zero-order valence-corrected chi connectivity index (χ0v) is 12.1. The normalized spacial score (nSPS) is 10.0. The Labute approximate surface area is 123 Å². The second-order valence-electron chi connectivity index (χ2n) is 4.74. The average molecular weight is 283 g/mol. The maximum Gasteiger partial charge on any atom is 0.337 e. The van der Waals surface area contributed by atoms with Crippen molar-refractivity contribution < 1.29 is 14.3 Å². The van der Waals surface area contributed by atoms with Crippen LogP contribution in [-0.2, 0) is 11.3 Å². The highest BCUT2D eigenvalue weighted by Crippen LogP contribution is 2.07. The molecule has 108 valence electrons. The monoisotopic (exact) mass is 283 g/mol. The largest absolute Gasteiger partial charge is 0.465 e. The molecule has 1 amide bonds. The molecule has 0 fully saturated rings. The summed E-state index contributed by atoms with van der Waals surface area (Å²) in [4.78, 5) is 23.3. The van der Waals surface area contributed by atoms with Gasteiger partial charge in [-0.05, 0) is 36.8 Å². The summed E-state index contributed by atoms with van der Waals surface area (Å²) in [6.45, 7) is 2.39. The number of benzene rings is 2. The number of rotatable bonds is 4. The van der Waals surface area contributed by atoms with Gasteiger partial charge < -0.3 is 10.1 Å². The number of hydrogen-bond acceptors (Lipinski definition) is 3. The maximum atomic E-state index is 12.0. The molecule has 21 heavy (non-hydrogen) atoms. The molecule has 0 heterocycles. The van der Waals surface area contributed by atoms with Crippen LogP contribution >= 0.6 is 0 Å². The summed E-state index contributed by atoms with van der Waals surface area (Å²) in [7, 11) is 1.35. The van der Waals surface area contributed by atoms with Gasteiger partial charge in [0.1, 0.15) is 0 Å². The van der Waals surface area contributed by atoms with Gasteiger partial charge >= 0.3 is 5.97 Å². The Morgan fingerprint density at radius 3 is 2.10 bits per heavy atom. The summed E-state index contributed by atoms with van der Waals surface area (Å²) < 4.78 is 4.63. The van der Waals surface area contributed by atoms with Crippen LogP contribution in [0.2, 0.25) is 0 Å². The molecular weight excluding hydrogens is 266 g/mol. The molecule has 0 bridgehead atoms. The number of hydrogen-bond donors (Lipinski definition) is 1. The number of methoxy groups -OCH3 is 1. The Hall–Kier alpha value is -2.62. The van der Waals surface area contributed by atoms with E-state index in [0.717, 1.165) is 11.1 Å². The van der Waals surface area contributed by atoms with E-state index in [1.165, 1.54) is 7.11 Å². The fraction of sp³-hybridized carbons (Fsp3) is 0.176. The molecule has 0 aromatic heterocycles. The zero-order chi connectivity index (χ0) is 15.2. The van der Waals surface area contributed by atoms with Crippen LogP contribution in [0.25, 0.3) is 0 Å². The van der Waals surface area contributed by atoms with Gasteiger partial charge in [-0.3, -0.25) is 4.79 Å². The third-order valence-corrected chi connectivity index (χ3v) is 3.14. The molecule has 0 atom stereocenters. The highest BCUT2D eigenvalue weighted by molar-refractivity contribution is 5.94. The van der Waals surface area contributed by atoms with Crippen molar-refractivity contribution in [1.82, 2.24) is 5.32 Å². The van der Waals surface area contributed by atoms with E-state index >= 15 is 0 Å². The molecule has 2 aromatic rings. The first kappa shape index (κ1) is 14.8. The molecule has 1 N–H and O–H groups in total. The van der Waals surface area contributed by atoms with Crippen molar-refractivity contribution in [2.24, 2.45) is 0 Å². The number of ether oxygens (including phenoxy) is 1. The Morgan fingerprint density at radius 1 is 0.952 bits per heavy atom. The van der Waals surface area contributed by atoms with E-state index in [0.29, 0.717) is 17.7 Å². The molecule has 4 nitrogen and oxygen atoms in total. The van der Waals surface area contributed by atoms with Crippen molar-refractivity contribution in [3.63, 3.8) is 0 Å². The fourth-order valence-corrected chi connectivity index (χ4v) is 1.87. The second kappa shape index (κ2) is 6.70. The average Bonchev–Trinajstić information content (AvgIpc) is 2.53. The van der Waals surface area contributed by atoms with Gasteiger partial charge in [-0.1, -0.05) is 29.8 Å². The van der Waals surface area contributed by atoms with Gasteiger partial charge in [0.2, 0.25) is 0 Å². The van der Waals surface area contributed by atoms with E-state index < -0.39 is 0 Å². The Kier molecular flexibility index (Phi) is 4.72. The number of carbonyl (C=O) groups excluding carboxylic acids is 2.